The number of carbonyl (C=O) groups is 2. The number of sulfonamides is 1. The van der Waals surface area contributed by atoms with Crippen LogP contribution in [0.15, 0.2) is 42.5 Å². The predicted molar refractivity (Wildman–Crippen MR) is 145 cm³/mol. The Morgan fingerprint density at radius 2 is 1.74 bits per heavy atom. The van der Waals surface area contributed by atoms with Gasteiger partial charge >= 0.3 is 6.18 Å². The fourth-order valence-corrected chi connectivity index (χ4v) is 5.72. The van der Waals surface area contributed by atoms with E-state index in [-0.39, 0.29) is 23.5 Å². The summed E-state index contributed by atoms with van der Waals surface area (Å²) in [6, 6.07) is 8.52. The highest BCUT2D eigenvalue weighted by Gasteiger charge is 2.35. The van der Waals surface area contributed by atoms with Gasteiger partial charge in [-0.3, -0.25) is 13.9 Å². The maximum atomic E-state index is 13.7. The molecule has 7 nitrogen and oxygen atoms in total. The first-order chi connectivity index (χ1) is 18.2. The SMILES string of the molecule is Cc1ccccc1CN(C(=O)CN(c1cc(C(F)(F)F)ccc1Cl)S(C)(=O)=O)[C@H](C)C(=O)NC1CCCCC1. The molecule has 1 aliphatic carbocycles. The molecule has 214 valence electrons. The van der Waals surface area contributed by atoms with Crippen molar-refractivity contribution in [2.75, 3.05) is 17.1 Å². The summed E-state index contributed by atoms with van der Waals surface area (Å²) in [5, 5.41) is 2.72. The third-order valence-electron chi connectivity index (χ3n) is 6.94. The van der Waals surface area contributed by atoms with Crippen LogP contribution in [0, 0.1) is 6.92 Å². The number of aryl methyl sites for hydroxylation is 1. The number of halogens is 4. The smallest absolute Gasteiger partial charge is 0.352 e. The number of nitrogens with zero attached hydrogens (tertiary/aromatic N) is 2. The molecule has 0 bridgehead atoms. The minimum Gasteiger partial charge on any atom is -0.352 e. The summed E-state index contributed by atoms with van der Waals surface area (Å²) in [5.41, 5.74) is 0.0136. The third kappa shape index (κ3) is 8.11. The molecule has 0 aliphatic heterocycles. The van der Waals surface area contributed by atoms with Crippen molar-refractivity contribution in [1.29, 1.82) is 0 Å². The van der Waals surface area contributed by atoms with Gasteiger partial charge in [-0.05, 0) is 56.0 Å². The lowest BCUT2D eigenvalue weighted by Gasteiger charge is -2.33. The van der Waals surface area contributed by atoms with E-state index in [9.17, 15) is 31.2 Å². The molecule has 0 unspecified atom stereocenters. The summed E-state index contributed by atoms with van der Waals surface area (Å²) in [5.74, 6) is -1.14. The van der Waals surface area contributed by atoms with Gasteiger partial charge in [-0.25, -0.2) is 8.42 Å². The normalized spacial score (nSPS) is 15.5. The summed E-state index contributed by atoms with van der Waals surface area (Å²) in [6.45, 7) is 2.55. The molecule has 3 rings (SSSR count). The van der Waals surface area contributed by atoms with Gasteiger partial charge in [0, 0.05) is 12.6 Å². The second-order valence-corrected chi connectivity index (χ2v) is 12.2. The van der Waals surface area contributed by atoms with Crippen LogP contribution < -0.4 is 9.62 Å². The average Bonchev–Trinajstić information content (AvgIpc) is 2.86. The molecule has 0 saturated heterocycles. The van der Waals surface area contributed by atoms with E-state index in [0.29, 0.717) is 10.4 Å². The van der Waals surface area contributed by atoms with Crippen molar-refractivity contribution in [2.45, 2.75) is 70.8 Å². The molecule has 1 N–H and O–H groups in total. The van der Waals surface area contributed by atoms with Gasteiger partial charge in [-0.1, -0.05) is 55.1 Å². The standard InChI is InChI=1S/C27H33ClF3N3O4S/c1-18-9-7-8-10-20(18)16-33(19(2)26(36)32-22-11-5-4-6-12-22)25(35)17-34(39(3,37)38)24-15-21(27(29,30)31)13-14-23(24)28/h7-10,13-15,19,22H,4-6,11-12,16-17H2,1-3H3,(H,32,36)/t19-/m1/s1. The molecule has 0 spiro atoms. The molecule has 1 fully saturated rings. The number of rotatable bonds is 9. The number of hydrogen-bond acceptors (Lipinski definition) is 4. The topological polar surface area (TPSA) is 86.8 Å². The fraction of sp³-hybridized carbons (Fsp3) is 0.481. The second kappa shape index (κ2) is 12.6. The van der Waals surface area contributed by atoms with Crippen LogP contribution in [-0.4, -0.2) is 50.0 Å². The number of alkyl halides is 3. The summed E-state index contributed by atoms with van der Waals surface area (Å²) < 4.78 is 66.1. The summed E-state index contributed by atoms with van der Waals surface area (Å²) in [4.78, 5) is 28.2. The van der Waals surface area contributed by atoms with E-state index < -0.39 is 45.9 Å². The minimum atomic E-state index is -4.75. The third-order valence-corrected chi connectivity index (χ3v) is 8.39. The molecule has 0 aromatic heterocycles. The van der Waals surface area contributed by atoms with Gasteiger partial charge in [-0.15, -0.1) is 0 Å². The van der Waals surface area contributed by atoms with Gasteiger partial charge in [0.25, 0.3) is 0 Å². The zero-order valence-electron chi connectivity index (χ0n) is 22.1. The van der Waals surface area contributed by atoms with Crippen LogP contribution in [0.25, 0.3) is 0 Å². The van der Waals surface area contributed by atoms with Gasteiger partial charge in [0.15, 0.2) is 0 Å². The highest BCUT2D eigenvalue weighted by molar-refractivity contribution is 7.92. The largest absolute Gasteiger partial charge is 0.416 e. The van der Waals surface area contributed by atoms with Crippen molar-refractivity contribution >= 4 is 39.1 Å². The Labute approximate surface area is 232 Å². The Balaban J connectivity index is 1.96. The molecule has 12 heteroatoms. The average molecular weight is 588 g/mol. The lowest BCUT2D eigenvalue weighted by molar-refractivity contribution is -0.139. The van der Waals surface area contributed by atoms with Crippen molar-refractivity contribution < 1.29 is 31.2 Å². The van der Waals surface area contributed by atoms with Crippen LogP contribution in [0.3, 0.4) is 0 Å². The first-order valence-corrected chi connectivity index (χ1v) is 14.9. The van der Waals surface area contributed by atoms with Crippen molar-refractivity contribution in [3.63, 3.8) is 0 Å². The number of carbonyl (C=O) groups excluding carboxylic acids is 2. The maximum Gasteiger partial charge on any atom is 0.416 e. The zero-order chi connectivity index (χ0) is 29.0. The molecule has 1 atom stereocenters. The van der Waals surface area contributed by atoms with Crippen LogP contribution in [0.4, 0.5) is 18.9 Å². The Hall–Kier alpha value is -2.79. The van der Waals surface area contributed by atoms with Crippen LogP contribution in [0.1, 0.15) is 55.7 Å². The number of hydrogen-bond donors (Lipinski definition) is 1. The number of amides is 2. The number of nitrogens with one attached hydrogen (secondary N) is 1. The number of anilines is 1. The monoisotopic (exact) mass is 587 g/mol. The van der Waals surface area contributed by atoms with Crippen LogP contribution in [0.2, 0.25) is 5.02 Å². The van der Waals surface area contributed by atoms with Crippen LogP contribution >= 0.6 is 11.6 Å². The highest BCUT2D eigenvalue weighted by Crippen LogP contribution is 2.36. The molecule has 2 amide bonds. The lowest BCUT2D eigenvalue weighted by atomic mass is 9.95. The highest BCUT2D eigenvalue weighted by atomic mass is 35.5. The first-order valence-electron chi connectivity index (χ1n) is 12.7. The molecule has 1 aliphatic rings. The lowest BCUT2D eigenvalue weighted by Crippen LogP contribution is -2.53. The van der Waals surface area contributed by atoms with E-state index in [1.54, 1.807) is 19.1 Å². The molecule has 39 heavy (non-hydrogen) atoms. The first kappa shape index (κ1) is 30.7. The summed E-state index contributed by atoms with van der Waals surface area (Å²) in [7, 11) is -4.25. The van der Waals surface area contributed by atoms with Gasteiger partial charge in [0.1, 0.15) is 12.6 Å². The second-order valence-electron chi connectivity index (χ2n) is 9.90. The van der Waals surface area contributed by atoms with Crippen LogP contribution in [-0.2, 0) is 32.3 Å². The Morgan fingerprint density at radius 3 is 2.33 bits per heavy atom. The van der Waals surface area contributed by atoms with Gasteiger partial charge in [0.2, 0.25) is 21.8 Å². The summed E-state index contributed by atoms with van der Waals surface area (Å²) >= 11 is 6.12. The van der Waals surface area contributed by atoms with E-state index in [1.807, 2.05) is 19.1 Å². The summed E-state index contributed by atoms with van der Waals surface area (Å²) in [6.07, 6.45) is 0.773. The molecule has 2 aromatic carbocycles. The maximum absolute atomic E-state index is 13.7. The van der Waals surface area contributed by atoms with Crippen molar-refractivity contribution in [1.82, 2.24) is 10.2 Å². The molecule has 0 heterocycles. The van der Waals surface area contributed by atoms with Gasteiger partial charge in [0.05, 0.1) is 22.5 Å². The van der Waals surface area contributed by atoms with Crippen LogP contribution in [0.5, 0.6) is 0 Å². The van der Waals surface area contributed by atoms with E-state index in [4.69, 9.17) is 11.6 Å². The zero-order valence-corrected chi connectivity index (χ0v) is 23.7. The van der Waals surface area contributed by atoms with Crippen molar-refractivity contribution in [2.24, 2.45) is 0 Å². The molecule has 2 aromatic rings. The molecular formula is C27H33ClF3N3O4S. The van der Waals surface area contributed by atoms with E-state index in [1.165, 1.54) is 4.90 Å². The minimum absolute atomic E-state index is 0.00130. The Bertz CT molecular complexity index is 1300. The fourth-order valence-electron chi connectivity index (χ4n) is 4.60. The Morgan fingerprint density at radius 1 is 1.10 bits per heavy atom. The molecule has 1 saturated carbocycles. The molecule has 0 radical (unpaired) electrons. The predicted octanol–water partition coefficient (Wildman–Crippen LogP) is 5.30. The quantitative estimate of drug-likeness (QED) is 0.431. The molecular weight excluding hydrogens is 555 g/mol. The van der Waals surface area contributed by atoms with Crippen molar-refractivity contribution in [3.05, 3.63) is 64.2 Å². The van der Waals surface area contributed by atoms with Crippen molar-refractivity contribution in [3.8, 4) is 0 Å². The van der Waals surface area contributed by atoms with Gasteiger partial charge < -0.3 is 10.2 Å². The van der Waals surface area contributed by atoms with E-state index in [2.05, 4.69) is 5.32 Å². The van der Waals surface area contributed by atoms with Gasteiger partial charge in [-0.2, -0.15) is 13.2 Å². The van der Waals surface area contributed by atoms with E-state index in [0.717, 1.165) is 61.6 Å². The Kier molecular flexibility index (Phi) is 9.93. The number of benzene rings is 2. The van der Waals surface area contributed by atoms with E-state index >= 15 is 0 Å².